The Morgan fingerprint density at radius 1 is 1.17 bits per heavy atom. The van der Waals surface area contributed by atoms with Crippen molar-refractivity contribution in [1.82, 2.24) is 5.32 Å². The molecule has 4 N–H and O–H groups in total. The monoisotopic (exact) mass is 375 g/mol. The zero-order valence-electron chi connectivity index (χ0n) is 14.6. The van der Waals surface area contributed by atoms with Gasteiger partial charge < -0.3 is 16.4 Å². The lowest BCUT2D eigenvalue weighted by Gasteiger charge is -2.30. The number of para-hydroxylation sites is 1. The molecule has 24 heavy (non-hydrogen) atoms. The quantitative estimate of drug-likeness (QED) is 0.711. The van der Waals surface area contributed by atoms with Gasteiger partial charge >= 0.3 is 0 Å². The van der Waals surface area contributed by atoms with E-state index in [1.165, 1.54) is 32.1 Å². The van der Waals surface area contributed by atoms with Crippen LogP contribution in [0.1, 0.15) is 43.2 Å². The van der Waals surface area contributed by atoms with Crippen molar-refractivity contribution in [1.29, 1.82) is 0 Å². The lowest BCUT2D eigenvalue weighted by Crippen LogP contribution is -2.47. The summed E-state index contributed by atoms with van der Waals surface area (Å²) < 4.78 is 0. The second-order valence-corrected chi connectivity index (χ2v) is 6.43. The van der Waals surface area contributed by atoms with Gasteiger partial charge in [0.2, 0.25) is 5.91 Å². The average molecular weight is 376 g/mol. The van der Waals surface area contributed by atoms with Crippen LogP contribution in [0.4, 0.5) is 5.69 Å². The van der Waals surface area contributed by atoms with Gasteiger partial charge in [0.05, 0.1) is 6.54 Å². The van der Waals surface area contributed by atoms with Crippen LogP contribution in [-0.2, 0) is 4.79 Å². The minimum atomic E-state index is 0. The molecule has 6 heteroatoms. The van der Waals surface area contributed by atoms with Gasteiger partial charge in [0.1, 0.15) is 0 Å². The third kappa shape index (κ3) is 6.50. The van der Waals surface area contributed by atoms with Crippen molar-refractivity contribution >= 4 is 36.4 Å². The molecule has 1 aromatic rings. The Bertz CT molecular complexity index is 485. The topological polar surface area (TPSA) is 67.2 Å². The van der Waals surface area contributed by atoms with Gasteiger partial charge in [-0.25, -0.2) is 0 Å². The fourth-order valence-electron chi connectivity index (χ4n) is 3.43. The Labute approximate surface area is 158 Å². The predicted octanol–water partition coefficient (Wildman–Crippen LogP) is 3.58. The van der Waals surface area contributed by atoms with E-state index in [4.69, 9.17) is 5.73 Å². The van der Waals surface area contributed by atoms with Gasteiger partial charge in [0, 0.05) is 18.3 Å². The van der Waals surface area contributed by atoms with Crippen LogP contribution in [0.3, 0.4) is 0 Å². The molecule has 1 aliphatic carbocycles. The van der Waals surface area contributed by atoms with E-state index in [-0.39, 0.29) is 36.8 Å². The number of hydrogen-bond acceptors (Lipinski definition) is 3. The first-order valence-electron chi connectivity index (χ1n) is 8.41. The van der Waals surface area contributed by atoms with E-state index in [0.29, 0.717) is 19.0 Å². The van der Waals surface area contributed by atoms with Gasteiger partial charge in [-0.15, -0.1) is 24.8 Å². The first kappa shape index (κ1) is 23.0. The van der Waals surface area contributed by atoms with Gasteiger partial charge in [0.15, 0.2) is 0 Å². The summed E-state index contributed by atoms with van der Waals surface area (Å²) in [6, 6.07) is 6.26. The van der Waals surface area contributed by atoms with Crippen molar-refractivity contribution < 1.29 is 4.79 Å². The van der Waals surface area contributed by atoms with E-state index < -0.39 is 0 Å². The molecular formula is C18H31Cl2N3O. The minimum Gasteiger partial charge on any atom is -0.376 e. The van der Waals surface area contributed by atoms with Crippen LogP contribution in [-0.4, -0.2) is 25.0 Å². The van der Waals surface area contributed by atoms with E-state index in [2.05, 4.69) is 36.6 Å². The Kier molecular flexibility index (Phi) is 11.1. The number of rotatable bonds is 6. The fraction of sp³-hybridized carbons (Fsp3) is 0.611. The van der Waals surface area contributed by atoms with Gasteiger partial charge in [-0.3, -0.25) is 4.79 Å². The van der Waals surface area contributed by atoms with Gasteiger partial charge in [-0.2, -0.15) is 0 Å². The molecule has 0 bridgehead atoms. The van der Waals surface area contributed by atoms with Crippen molar-refractivity contribution in [3.8, 4) is 0 Å². The molecular weight excluding hydrogens is 345 g/mol. The van der Waals surface area contributed by atoms with Gasteiger partial charge in [-0.1, -0.05) is 37.5 Å². The highest BCUT2D eigenvalue weighted by molar-refractivity contribution is 5.85. The normalized spacial score (nSPS) is 15.6. The first-order chi connectivity index (χ1) is 10.6. The van der Waals surface area contributed by atoms with Crippen LogP contribution < -0.4 is 16.4 Å². The number of benzene rings is 1. The SMILES string of the molecule is Cc1cccc(C)c1NCC(=O)NC(CN)C1CCCCC1.Cl.Cl. The van der Waals surface area contributed by atoms with Crippen molar-refractivity contribution in [3.05, 3.63) is 29.3 Å². The highest BCUT2D eigenvalue weighted by atomic mass is 35.5. The highest BCUT2D eigenvalue weighted by Gasteiger charge is 2.23. The predicted molar refractivity (Wildman–Crippen MR) is 106 cm³/mol. The molecule has 138 valence electrons. The maximum absolute atomic E-state index is 12.2. The summed E-state index contributed by atoms with van der Waals surface area (Å²) in [6.45, 7) is 4.94. The van der Waals surface area contributed by atoms with Crippen molar-refractivity contribution in [2.24, 2.45) is 11.7 Å². The molecule has 0 aromatic heterocycles. The number of aryl methyl sites for hydroxylation is 2. The average Bonchev–Trinajstić information content (AvgIpc) is 2.53. The molecule has 1 amide bonds. The number of amides is 1. The number of carbonyl (C=O) groups excluding carboxylic acids is 1. The van der Waals surface area contributed by atoms with E-state index in [1.807, 2.05) is 6.07 Å². The maximum Gasteiger partial charge on any atom is 0.239 e. The van der Waals surface area contributed by atoms with Crippen LogP contribution >= 0.6 is 24.8 Å². The lowest BCUT2D eigenvalue weighted by molar-refractivity contribution is -0.120. The second-order valence-electron chi connectivity index (χ2n) is 6.43. The van der Waals surface area contributed by atoms with Gasteiger partial charge in [0.25, 0.3) is 0 Å². The van der Waals surface area contributed by atoms with E-state index in [0.717, 1.165) is 16.8 Å². The Balaban J connectivity index is 0.00000264. The number of halogens is 2. The molecule has 0 heterocycles. The number of nitrogens with two attached hydrogens (primary N) is 1. The lowest BCUT2D eigenvalue weighted by atomic mass is 9.84. The number of hydrogen-bond donors (Lipinski definition) is 3. The van der Waals surface area contributed by atoms with Crippen LogP contribution in [0.25, 0.3) is 0 Å². The third-order valence-corrected chi connectivity index (χ3v) is 4.73. The fourth-order valence-corrected chi connectivity index (χ4v) is 3.43. The second kappa shape index (κ2) is 11.6. The molecule has 1 fully saturated rings. The standard InChI is InChI=1S/C18H29N3O.2ClH/c1-13-7-6-8-14(2)18(13)20-12-17(22)21-16(11-19)15-9-4-3-5-10-15;;/h6-8,15-16,20H,3-5,9-12,19H2,1-2H3,(H,21,22);2*1H. The molecule has 4 nitrogen and oxygen atoms in total. The summed E-state index contributed by atoms with van der Waals surface area (Å²) >= 11 is 0. The number of carbonyl (C=O) groups is 1. The third-order valence-electron chi connectivity index (χ3n) is 4.73. The summed E-state index contributed by atoms with van der Waals surface area (Å²) in [5, 5.41) is 6.38. The molecule has 1 aliphatic rings. The largest absolute Gasteiger partial charge is 0.376 e. The van der Waals surface area contributed by atoms with E-state index in [1.54, 1.807) is 0 Å². The Hall–Kier alpha value is -0.970. The molecule has 0 aliphatic heterocycles. The summed E-state index contributed by atoms with van der Waals surface area (Å²) in [5.74, 6) is 0.576. The van der Waals surface area contributed by atoms with Crippen molar-refractivity contribution in [2.75, 3.05) is 18.4 Å². The summed E-state index contributed by atoms with van der Waals surface area (Å²) in [7, 11) is 0. The molecule has 0 spiro atoms. The van der Waals surface area contributed by atoms with Crippen LogP contribution in [0.5, 0.6) is 0 Å². The number of anilines is 1. The van der Waals surface area contributed by atoms with Crippen molar-refractivity contribution in [3.63, 3.8) is 0 Å². The minimum absolute atomic E-state index is 0. The highest BCUT2D eigenvalue weighted by Crippen LogP contribution is 2.26. The summed E-state index contributed by atoms with van der Waals surface area (Å²) in [6.07, 6.45) is 6.21. The summed E-state index contributed by atoms with van der Waals surface area (Å²) in [5.41, 5.74) is 9.25. The van der Waals surface area contributed by atoms with E-state index in [9.17, 15) is 4.79 Å². The van der Waals surface area contributed by atoms with Crippen LogP contribution in [0.2, 0.25) is 0 Å². The molecule has 1 atom stereocenters. The zero-order chi connectivity index (χ0) is 15.9. The molecule has 0 radical (unpaired) electrons. The molecule has 0 saturated heterocycles. The smallest absolute Gasteiger partial charge is 0.239 e. The Morgan fingerprint density at radius 3 is 2.29 bits per heavy atom. The maximum atomic E-state index is 12.2. The van der Waals surface area contributed by atoms with Crippen LogP contribution in [0.15, 0.2) is 18.2 Å². The van der Waals surface area contributed by atoms with Crippen LogP contribution in [0, 0.1) is 19.8 Å². The van der Waals surface area contributed by atoms with Crippen molar-refractivity contribution in [2.45, 2.75) is 52.0 Å². The first-order valence-corrected chi connectivity index (χ1v) is 8.41. The molecule has 1 aromatic carbocycles. The summed E-state index contributed by atoms with van der Waals surface area (Å²) in [4.78, 5) is 12.2. The Morgan fingerprint density at radius 2 is 1.75 bits per heavy atom. The molecule has 1 unspecified atom stereocenters. The van der Waals surface area contributed by atoms with E-state index >= 15 is 0 Å². The molecule has 1 saturated carbocycles. The zero-order valence-corrected chi connectivity index (χ0v) is 16.3. The molecule has 2 rings (SSSR count). The van der Waals surface area contributed by atoms with Gasteiger partial charge in [-0.05, 0) is 43.7 Å². The number of nitrogens with one attached hydrogen (secondary N) is 2.